The molecule has 8 heteroatoms. The molecular formula is C21H16N4O3S. The zero-order chi connectivity index (χ0) is 20.2. The molecule has 0 saturated heterocycles. The SMILES string of the molecule is COc1ccc(-c2nc(C(=O)NNC(=O)c3ccc4ccccc4n3)cs2)cc1. The average Bonchev–Trinajstić information content (AvgIpc) is 3.27. The summed E-state index contributed by atoms with van der Waals surface area (Å²) in [7, 11) is 1.60. The molecule has 4 aromatic rings. The van der Waals surface area contributed by atoms with E-state index < -0.39 is 11.8 Å². The zero-order valence-corrected chi connectivity index (χ0v) is 16.2. The van der Waals surface area contributed by atoms with Crippen LogP contribution in [0.3, 0.4) is 0 Å². The minimum Gasteiger partial charge on any atom is -0.497 e. The predicted molar refractivity (Wildman–Crippen MR) is 111 cm³/mol. The van der Waals surface area contributed by atoms with Crippen molar-refractivity contribution in [3.63, 3.8) is 0 Å². The number of methoxy groups -OCH3 is 1. The summed E-state index contributed by atoms with van der Waals surface area (Å²) < 4.78 is 5.14. The van der Waals surface area contributed by atoms with Crippen LogP contribution in [0.5, 0.6) is 5.75 Å². The van der Waals surface area contributed by atoms with Gasteiger partial charge in [0.05, 0.1) is 12.6 Å². The number of pyridine rings is 1. The van der Waals surface area contributed by atoms with Crippen molar-refractivity contribution in [3.05, 3.63) is 77.4 Å². The van der Waals surface area contributed by atoms with Gasteiger partial charge in [-0.1, -0.05) is 24.3 Å². The molecule has 4 rings (SSSR count). The molecule has 7 nitrogen and oxygen atoms in total. The van der Waals surface area contributed by atoms with Crippen LogP contribution in [0.15, 0.2) is 66.0 Å². The van der Waals surface area contributed by atoms with Crippen LogP contribution in [0.25, 0.3) is 21.5 Å². The normalized spacial score (nSPS) is 10.5. The van der Waals surface area contributed by atoms with Crippen LogP contribution in [-0.4, -0.2) is 28.9 Å². The molecule has 29 heavy (non-hydrogen) atoms. The third kappa shape index (κ3) is 4.07. The van der Waals surface area contributed by atoms with Crippen LogP contribution in [0.4, 0.5) is 0 Å². The zero-order valence-electron chi connectivity index (χ0n) is 15.4. The smallest absolute Gasteiger partial charge is 0.289 e. The van der Waals surface area contributed by atoms with Gasteiger partial charge < -0.3 is 4.74 Å². The molecule has 0 bridgehead atoms. The number of carbonyl (C=O) groups is 2. The van der Waals surface area contributed by atoms with Crippen molar-refractivity contribution in [2.24, 2.45) is 0 Å². The van der Waals surface area contributed by atoms with E-state index in [-0.39, 0.29) is 11.4 Å². The summed E-state index contributed by atoms with van der Waals surface area (Å²) in [6.07, 6.45) is 0. The van der Waals surface area contributed by atoms with Gasteiger partial charge in [-0.15, -0.1) is 11.3 Å². The van der Waals surface area contributed by atoms with E-state index in [1.54, 1.807) is 24.6 Å². The fourth-order valence-corrected chi connectivity index (χ4v) is 3.48. The fourth-order valence-electron chi connectivity index (χ4n) is 2.68. The number of hydrogen-bond donors (Lipinski definition) is 2. The maximum absolute atomic E-state index is 12.3. The van der Waals surface area contributed by atoms with Crippen molar-refractivity contribution < 1.29 is 14.3 Å². The summed E-state index contributed by atoms with van der Waals surface area (Å²) in [5.74, 6) is -0.266. The standard InChI is InChI=1S/C21H16N4O3S/c1-28-15-9-6-14(7-10-15)21-23-18(12-29-21)20(27)25-24-19(26)17-11-8-13-4-2-3-5-16(13)22-17/h2-12H,1H3,(H,24,26)(H,25,27). The van der Waals surface area contributed by atoms with Crippen LogP contribution in [0.2, 0.25) is 0 Å². The molecule has 2 amide bonds. The first-order chi connectivity index (χ1) is 14.1. The first-order valence-electron chi connectivity index (χ1n) is 8.70. The molecular weight excluding hydrogens is 388 g/mol. The number of fused-ring (bicyclic) bond motifs is 1. The first kappa shape index (κ1) is 18.6. The number of amides is 2. The van der Waals surface area contributed by atoms with E-state index in [0.717, 1.165) is 16.7 Å². The lowest BCUT2D eigenvalue weighted by molar-refractivity contribution is 0.0842. The maximum atomic E-state index is 12.3. The van der Waals surface area contributed by atoms with E-state index in [1.807, 2.05) is 48.5 Å². The number of nitrogens with zero attached hydrogens (tertiary/aromatic N) is 2. The van der Waals surface area contributed by atoms with Crippen LogP contribution in [-0.2, 0) is 0 Å². The molecule has 0 aliphatic heterocycles. The summed E-state index contributed by atoms with van der Waals surface area (Å²) in [6, 6.07) is 18.3. The van der Waals surface area contributed by atoms with Gasteiger partial charge in [0.1, 0.15) is 22.1 Å². The Morgan fingerprint density at radius 2 is 1.59 bits per heavy atom. The highest BCUT2D eigenvalue weighted by atomic mass is 32.1. The first-order valence-corrected chi connectivity index (χ1v) is 9.58. The number of nitrogens with one attached hydrogen (secondary N) is 2. The number of para-hydroxylation sites is 1. The molecule has 0 radical (unpaired) electrons. The molecule has 0 aliphatic carbocycles. The molecule has 2 N–H and O–H groups in total. The van der Waals surface area contributed by atoms with Gasteiger partial charge in [-0.3, -0.25) is 20.4 Å². The van der Waals surface area contributed by atoms with Crippen LogP contribution in [0.1, 0.15) is 21.0 Å². The number of thiazole rings is 1. The fraction of sp³-hybridized carbons (Fsp3) is 0.0476. The highest BCUT2D eigenvalue weighted by molar-refractivity contribution is 7.13. The minimum atomic E-state index is -0.505. The van der Waals surface area contributed by atoms with E-state index >= 15 is 0 Å². The summed E-state index contributed by atoms with van der Waals surface area (Å²) in [4.78, 5) is 33.2. The highest BCUT2D eigenvalue weighted by Crippen LogP contribution is 2.25. The van der Waals surface area contributed by atoms with Crippen molar-refractivity contribution in [2.45, 2.75) is 0 Å². The molecule has 144 valence electrons. The number of carbonyl (C=O) groups excluding carboxylic acids is 2. The topological polar surface area (TPSA) is 93.2 Å². The third-order valence-electron chi connectivity index (χ3n) is 4.19. The van der Waals surface area contributed by atoms with Crippen molar-refractivity contribution in [1.82, 2.24) is 20.8 Å². The Morgan fingerprint density at radius 1 is 0.862 bits per heavy atom. The van der Waals surface area contributed by atoms with Crippen molar-refractivity contribution in [2.75, 3.05) is 7.11 Å². The lowest BCUT2D eigenvalue weighted by Crippen LogP contribution is -2.42. The average molecular weight is 404 g/mol. The predicted octanol–water partition coefficient (Wildman–Crippen LogP) is 3.44. The monoisotopic (exact) mass is 404 g/mol. The second-order valence-corrected chi connectivity index (χ2v) is 6.92. The lowest BCUT2D eigenvalue weighted by atomic mass is 10.2. The Hall–Kier alpha value is -3.78. The Kier molecular flexibility index (Phi) is 5.17. The second kappa shape index (κ2) is 8.07. The van der Waals surface area contributed by atoms with Crippen molar-refractivity contribution in [3.8, 4) is 16.3 Å². The molecule has 2 heterocycles. The van der Waals surface area contributed by atoms with Gasteiger partial charge in [0, 0.05) is 16.3 Å². The third-order valence-corrected chi connectivity index (χ3v) is 5.09. The van der Waals surface area contributed by atoms with Gasteiger partial charge in [0.15, 0.2) is 0 Å². The van der Waals surface area contributed by atoms with Crippen LogP contribution < -0.4 is 15.6 Å². The number of hydrazine groups is 1. The van der Waals surface area contributed by atoms with Gasteiger partial charge in [-0.2, -0.15) is 0 Å². The number of rotatable bonds is 4. The summed E-state index contributed by atoms with van der Waals surface area (Å²) >= 11 is 1.34. The molecule has 0 aliphatic rings. The van der Waals surface area contributed by atoms with Crippen molar-refractivity contribution in [1.29, 1.82) is 0 Å². The van der Waals surface area contributed by atoms with E-state index in [2.05, 4.69) is 20.8 Å². The molecule has 2 aromatic heterocycles. The van der Waals surface area contributed by atoms with E-state index in [9.17, 15) is 9.59 Å². The lowest BCUT2D eigenvalue weighted by Gasteiger charge is -2.06. The molecule has 0 fully saturated rings. The quantitative estimate of drug-likeness (QED) is 0.508. The van der Waals surface area contributed by atoms with Gasteiger partial charge in [-0.05, 0) is 36.4 Å². The summed E-state index contributed by atoms with van der Waals surface area (Å²) in [6.45, 7) is 0. The van der Waals surface area contributed by atoms with Gasteiger partial charge in [0.2, 0.25) is 0 Å². The van der Waals surface area contributed by atoms with E-state index in [0.29, 0.717) is 10.5 Å². The Balaban J connectivity index is 1.41. The summed E-state index contributed by atoms with van der Waals surface area (Å²) in [5, 5.41) is 3.26. The van der Waals surface area contributed by atoms with Gasteiger partial charge in [-0.25, -0.2) is 9.97 Å². The minimum absolute atomic E-state index is 0.209. The maximum Gasteiger partial charge on any atom is 0.289 e. The Bertz CT molecular complexity index is 1190. The Morgan fingerprint density at radius 3 is 2.34 bits per heavy atom. The number of ether oxygens (including phenoxy) is 1. The number of aromatic nitrogens is 2. The highest BCUT2D eigenvalue weighted by Gasteiger charge is 2.14. The van der Waals surface area contributed by atoms with Crippen LogP contribution >= 0.6 is 11.3 Å². The summed E-state index contributed by atoms with van der Waals surface area (Å²) in [5.41, 5.74) is 6.75. The second-order valence-electron chi connectivity index (χ2n) is 6.06. The molecule has 0 saturated carbocycles. The molecule has 2 aromatic carbocycles. The van der Waals surface area contributed by atoms with E-state index in [1.165, 1.54) is 11.3 Å². The van der Waals surface area contributed by atoms with Gasteiger partial charge in [0.25, 0.3) is 11.8 Å². The van der Waals surface area contributed by atoms with Gasteiger partial charge >= 0.3 is 0 Å². The van der Waals surface area contributed by atoms with Crippen molar-refractivity contribution >= 4 is 34.1 Å². The van der Waals surface area contributed by atoms with E-state index in [4.69, 9.17) is 4.74 Å². The molecule has 0 atom stereocenters. The Labute approximate surface area is 170 Å². The largest absolute Gasteiger partial charge is 0.497 e. The molecule has 0 spiro atoms. The number of benzene rings is 2. The van der Waals surface area contributed by atoms with Crippen LogP contribution in [0, 0.1) is 0 Å². The molecule has 0 unspecified atom stereocenters. The number of hydrogen-bond acceptors (Lipinski definition) is 6.